The Morgan fingerprint density at radius 1 is 1.42 bits per heavy atom. The number of halogens is 1. The molecular weight excluding hydrogens is 178 g/mol. The van der Waals surface area contributed by atoms with Crippen LogP contribution in [0.2, 0.25) is 0 Å². The Morgan fingerprint density at radius 2 is 1.83 bits per heavy atom. The van der Waals surface area contributed by atoms with Gasteiger partial charge in [-0.25, -0.2) is 0 Å². The zero-order valence-electron chi connectivity index (χ0n) is 7.45. The Labute approximate surface area is 79.5 Å². The van der Waals surface area contributed by atoms with E-state index >= 15 is 0 Å². The van der Waals surface area contributed by atoms with Gasteiger partial charge in [0.1, 0.15) is 0 Å². The van der Waals surface area contributed by atoms with E-state index in [-0.39, 0.29) is 24.5 Å². The zero-order valence-corrected chi connectivity index (χ0v) is 8.27. The van der Waals surface area contributed by atoms with Crippen LogP contribution in [0.25, 0.3) is 0 Å². The molecule has 0 aliphatic carbocycles. The summed E-state index contributed by atoms with van der Waals surface area (Å²) in [5, 5.41) is 0. The van der Waals surface area contributed by atoms with E-state index in [0.717, 1.165) is 25.9 Å². The lowest BCUT2D eigenvalue weighted by Crippen LogP contribution is -2.41. The third-order valence-electron chi connectivity index (χ3n) is 1.98. The lowest BCUT2D eigenvalue weighted by Gasteiger charge is -2.28. The second kappa shape index (κ2) is 6.22. The summed E-state index contributed by atoms with van der Waals surface area (Å²) >= 11 is 0. The minimum atomic E-state index is 0. The number of amides is 1. The summed E-state index contributed by atoms with van der Waals surface area (Å²) in [6.07, 6.45) is 1.92. The van der Waals surface area contributed by atoms with Crippen molar-refractivity contribution in [3.8, 4) is 0 Å². The summed E-state index contributed by atoms with van der Waals surface area (Å²) in [5.74, 6) is 0.173. The van der Waals surface area contributed by atoms with Gasteiger partial charge in [0, 0.05) is 26.1 Å². The van der Waals surface area contributed by atoms with Gasteiger partial charge in [-0.15, -0.1) is 12.4 Å². The number of rotatable bonds is 0. The van der Waals surface area contributed by atoms with Crippen LogP contribution < -0.4 is 11.9 Å². The molecule has 12 heavy (non-hydrogen) atoms. The average Bonchev–Trinajstić information content (AvgIpc) is 1.88. The van der Waals surface area contributed by atoms with Crippen molar-refractivity contribution in [2.75, 3.05) is 13.1 Å². The van der Waals surface area contributed by atoms with E-state index in [9.17, 15) is 4.79 Å². The van der Waals surface area contributed by atoms with Crippen molar-refractivity contribution in [2.24, 2.45) is 5.73 Å². The molecule has 5 N–H and O–H groups in total. The average molecular weight is 196 g/mol. The normalized spacial score (nSPS) is 17.7. The van der Waals surface area contributed by atoms with Gasteiger partial charge in [-0.2, -0.15) is 0 Å². The van der Waals surface area contributed by atoms with E-state index in [4.69, 9.17) is 5.73 Å². The highest BCUT2D eigenvalue weighted by atomic mass is 35.5. The highest BCUT2D eigenvalue weighted by Crippen LogP contribution is 2.07. The molecule has 0 aromatic rings. The number of hydrogen-bond acceptors (Lipinski definition) is 3. The van der Waals surface area contributed by atoms with Crippen molar-refractivity contribution in [2.45, 2.75) is 25.8 Å². The van der Waals surface area contributed by atoms with Crippen LogP contribution in [-0.4, -0.2) is 29.9 Å². The second-order valence-corrected chi connectivity index (χ2v) is 2.84. The molecule has 0 aromatic carbocycles. The van der Waals surface area contributed by atoms with Crippen molar-refractivity contribution < 1.29 is 4.79 Å². The zero-order chi connectivity index (χ0) is 7.56. The van der Waals surface area contributed by atoms with Crippen LogP contribution in [0.3, 0.4) is 0 Å². The maximum atomic E-state index is 10.8. The van der Waals surface area contributed by atoms with Gasteiger partial charge in [0.15, 0.2) is 0 Å². The third-order valence-corrected chi connectivity index (χ3v) is 1.98. The number of carbonyl (C=O) groups is 1. The van der Waals surface area contributed by atoms with Crippen LogP contribution in [0, 0.1) is 0 Å². The monoisotopic (exact) mass is 195 g/mol. The molecule has 1 amide bonds. The van der Waals surface area contributed by atoms with Crippen LogP contribution in [0.4, 0.5) is 0 Å². The molecule has 0 atom stereocenters. The summed E-state index contributed by atoms with van der Waals surface area (Å²) in [6.45, 7) is 3.30. The number of nitrogens with zero attached hydrogens (tertiary/aromatic N) is 1. The van der Waals surface area contributed by atoms with Crippen LogP contribution in [0.5, 0.6) is 0 Å². The summed E-state index contributed by atoms with van der Waals surface area (Å²) in [4.78, 5) is 12.6. The molecule has 74 valence electrons. The quantitative estimate of drug-likeness (QED) is 0.592. The van der Waals surface area contributed by atoms with Crippen molar-refractivity contribution in [3.05, 3.63) is 0 Å². The summed E-state index contributed by atoms with van der Waals surface area (Å²) < 4.78 is 0. The minimum absolute atomic E-state index is 0. The van der Waals surface area contributed by atoms with Gasteiger partial charge in [-0.1, -0.05) is 0 Å². The maximum Gasteiger partial charge on any atom is 0.219 e. The molecule has 5 heteroatoms. The molecule has 1 aliphatic heterocycles. The number of nitrogens with two attached hydrogens (primary N) is 1. The Morgan fingerprint density at radius 3 is 2.17 bits per heavy atom. The van der Waals surface area contributed by atoms with Gasteiger partial charge in [-0.05, 0) is 12.8 Å². The van der Waals surface area contributed by atoms with Gasteiger partial charge in [0.05, 0.1) is 0 Å². The second-order valence-electron chi connectivity index (χ2n) is 2.84. The van der Waals surface area contributed by atoms with E-state index in [1.807, 2.05) is 4.90 Å². The summed E-state index contributed by atoms with van der Waals surface area (Å²) in [5.41, 5.74) is 5.66. The number of piperidine rings is 1. The smallest absolute Gasteiger partial charge is 0.219 e. The maximum absolute atomic E-state index is 10.8. The van der Waals surface area contributed by atoms with Crippen molar-refractivity contribution in [1.29, 1.82) is 0 Å². The first-order valence-electron chi connectivity index (χ1n) is 3.71. The summed E-state index contributed by atoms with van der Waals surface area (Å²) in [6, 6.07) is 0.315. The standard InChI is InChI=1S/C7H14N2O.ClH.H3N/c1-6(10)9-4-2-7(8)3-5-9;;/h7H,2-5,8H2,1H3;1H;1H3. The Balaban J connectivity index is 0. The van der Waals surface area contributed by atoms with Crippen molar-refractivity contribution >= 4 is 18.3 Å². The molecule has 1 heterocycles. The lowest BCUT2D eigenvalue weighted by atomic mass is 10.1. The predicted molar refractivity (Wildman–Crippen MR) is 51.7 cm³/mol. The van der Waals surface area contributed by atoms with Gasteiger partial charge >= 0.3 is 0 Å². The largest absolute Gasteiger partial charge is 0.344 e. The minimum Gasteiger partial charge on any atom is -0.344 e. The molecule has 1 saturated heterocycles. The van der Waals surface area contributed by atoms with E-state index in [2.05, 4.69) is 0 Å². The van der Waals surface area contributed by atoms with Crippen molar-refractivity contribution in [1.82, 2.24) is 11.1 Å². The van der Waals surface area contributed by atoms with Crippen LogP contribution in [0.15, 0.2) is 0 Å². The SMILES string of the molecule is CC(=O)N1CCC(N)CC1.Cl.N. The fourth-order valence-electron chi connectivity index (χ4n) is 1.21. The van der Waals surface area contributed by atoms with E-state index in [0.29, 0.717) is 6.04 Å². The molecule has 0 saturated carbocycles. The molecule has 0 bridgehead atoms. The number of hydrogen-bond donors (Lipinski definition) is 2. The fourth-order valence-corrected chi connectivity index (χ4v) is 1.21. The fraction of sp³-hybridized carbons (Fsp3) is 0.857. The molecule has 0 aromatic heterocycles. The predicted octanol–water partition coefficient (Wildman–Crippen LogP) is 0.540. The third kappa shape index (κ3) is 3.90. The van der Waals surface area contributed by atoms with Crippen molar-refractivity contribution in [3.63, 3.8) is 0 Å². The highest BCUT2D eigenvalue weighted by Gasteiger charge is 2.16. The first-order valence-corrected chi connectivity index (χ1v) is 3.71. The molecule has 0 spiro atoms. The van der Waals surface area contributed by atoms with Gasteiger partial charge in [-0.3, -0.25) is 4.79 Å². The van der Waals surface area contributed by atoms with Crippen LogP contribution >= 0.6 is 12.4 Å². The summed E-state index contributed by atoms with van der Waals surface area (Å²) in [7, 11) is 0. The van der Waals surface area contributed by atoms with Gasteiger partial charge < -0.3 is 16.8 Å². The molecule has 0 unspecified atom stereocenters. The van der Waals surface area contributed by atoms with Gasteiger partial charge in [0.25, 0.3) is 0 Å². The first-order chi connectivity index (χ1) is 4.70. The molecule has 0 radical (unpaired) electrons. The number of carbonyl (C=O) groups excluding carboxylic acids is 1. The number of likely N-dealkylation sites (tertiary alicyclic amines) is 1. The topological polar surface area (TPSA) is 81.3 Å². The van der Waals surface area contributed by atoms with E-state index < -0.39 is 0 Å². The van der Waals surface area contributed by atoms with E-state index in [1.54, 1.807) is 6.92 Å². The van der Waals surface area contributed by atoms with Crippen LogP contribution in [-0.2, 0) is 4.79 Å². The van der Waals surface area contributed by atoms with E-state index in [1.165, 1.54) is 0 Å². The Kier molecular flexibility index (Phi) is 7.37. The lowest BCUT2D eigenvalue weighted by molar-refractivity contribution is -0.129. The molecule has 1 fully saturated rings. The molecule has 4 nitrogen and oxygen atoms in total. The highest BCUT2D eigenvalue weighted by molar-refractivity contribution is 5.85. The molecule has 1 aliphatic rings. The van der Waals surface area contributed by atoms with Gasteiger partial charge in [0.2, 0.25) is 5.91 Å². The molecular formula is C7H18ClN3O. The Hall–Kier alpha value is -0.320. The van der Waals surface area contributed by atoms with Crippen LogP contribution in [0.1, 0.15) is 19.8 Å². The Bertz CT molecular complexity index is 135. The first kappa shape index (κ1) is 14.2. The molecule has 1 rings (SSSR count).